The molecule has 0 aliphatic rings. The maximum atomic E-state index is 8.74. The standard InChI is InChI=1S/C14H30.C2H6O.Na.H2O4S.H/c1-3-5-7-9-11-13-14-12-10-8-6-4-2;1-2-3;;1-5(2,3)4;/h3-14H2,1-2H3;3H,2H2,1H3;;(H2,1,2,3,4);/q;;+1;;-1. The molecule has 23 heavy (non-hydrogen) atoms. The fourth-order valence-corrected chi connectivity index (χ4v) is 1.91. The molecule has 0 spiro atoms. The van der Waals surface area contributed by atoms with Crippen molar-refractivity contribution < 1.29 is 53.6 Å². The van der Waals surface area contributed by atoms with Crippen molar-refractivity contribution in [3.8, 4) is 0 Å². The molecule has 0 bridgehead atoms. The molecule has 0 amide bonds. The van der Waals surface area contributed by atoms with E-state index in [4.69, 9.17) is 22.6 Å². The van der Waals surface area contributed by atoms with E-state index in [-0.39, 0.29) is 37.6 Å². The summed E-state index contributed by atoms with van der Waals surface area (Å²) in [5, 5.41) is 7.57. The van der Waals surface area contributed by atoms with Crippen LogP contribution in [-0.4, -0.2) is 29.2 Å². The smallest absolute Gasteiger partial charge is 1.00 e. The molecule has 0 rings (SSSR count). The number of aliphatic hydroxyl groups is 1. The van der Waals surface area contributed by atoms with Crippen molar-refractivity contribution in [3.63, 3.8) is 0 Å². The van der Waals surface area contributed by atoms with Gasteiger partial charge in [0.1, 0.15) is 0 Å². The summed E-state index contributed by atoms with van der Waals surface area (Å²) in [4.78, 5) is 0. The summed E-state index contributed by atoms with van der Waals surface area (Å²) in [6.07, 6.45) is 17.4. The van der Waals surface area contributed by atoms with Gasteiger partial charge in [0.25, 0.3) is 0 Å². The average Bonchev–Trinajstić information content (AvgIpc) is 2.40. The van der Waals surface area contributed by atoms with Crippen molar-refractivity contribution in [1.82, 2.24) is 0 Å². The van der Waals surface area contributed by atoms with Crippen molar-refractivity contribution in [3.05, 3.63) is 0 Å². The average molecular weight is 367 g/mol. The van der Waals surface area contributed by atoms with E-state index in [0.717, 1.165) is 0 Å². The second kappa shape index (κ2) is 27.7. The van der Waals surface area contributed by atoms with E-state index < -0.39 is 10.4 Å². The molecule has 0 unspecified atom stereocenters. The molecule has 0 radical (unpaired) electrons. The molecule has 0 aromatic rings. The molecule has 7 heteroatoms. The van der Waals surface area contributed by atoms with E-state index in [9.17, 15) is 0 Å². The molecule has 0 aliphatic carbocycles. The van der Waals surface area contributed by atoms with Crippen LogP contribution in [-0.2, 0) is 10.4 Å². The minimum atomic E-state index is -4.67. The van der Waals surface area contributed by atoms with Gasteiger partial charge in [0.2, 0.25) is 0 Å². The largest absolute Gasteiger partial charge is 1.00 e. The van der Waals surface area contributed by atoms with Crippen molar-refractivity contribution in [2.45, 2.75) is 97.8 Å². The summed E-state index contributed by atoms with van der Waals surface area (Å²) >= 11 is 0. The van der Waals surface area contributed by atoms with Gasteiger partial charge >= 0.3 is 40.0 Å². The molecule has 5 nitrogen and oxygen atoms in total. The van der Waals surface area contributed by atoms with Crippen LogP contribution in [0.25, 0.3) is 0 Å². The van der Waals surface area contributed by atoms with E-state index in [2.05, 4.69) is 13.8 Å². The number of aliphatic hydroxyl groups excluding tert-OH is 1. The summed E-state index contributed by atoms with van der Waals surface area (Å²) in [7, 11) is -4.67. The zero-order valence-electron chi connectivity index (χ0n) is 16.8. The maximum absolute atomic E-state index is 8.74. The van der Waals surface area contributed by atoms with Gasteiger partial charge in [-0.05, 0) is 6.92 Å². The molecule has 0 saturated heterocycles. The number of unbranched alkanes of at least 4 members (excludes halogenated alkanes) is 11. The van der Waals surface area contributed by atoms with Crippen LogP contribution in [0.2, 0.25) is 0 Å². The Morgan fingerprint density at radius 2 is 0.783 bits per heavy atom. The van der Waals surface area contributed by atoms with Crippen LogP contribution in [0.5, 0.6) is 0 Å². The monoisotopic (exact) mass is 366 g/mol. The fraction of sp³-hybridized carbons (Fsp3) is 1.00. The third-order valence-corrected chi connectivity index (χ3v) is 2.96. The Bertz CT molecular complexity index is 258. The predicted octanol–water partition coefficient (Wildman–Crippen LogP) is 2.17. The van der Waals surface area contributed by atoms with E-state index in [1.54, 1.807) is 6.92 Å². The van der Waals surface area contributed by atoms with Crippen molar-refractivity contribution in [1.29, 1.82) is 0 Å². The predicted molar refractivity (Wildman–Crippen MR) is 94.8 cm³/mol. The second-order valence-electron chi connectivity index (χ2n) is 5.30. The Labute approximate surface area is 168 Å². The van der Waals surface area contributed by atoms with E-state index in [1.165, 1.54) is 77.0 Å². The molecule has 0 atom stereocenters. The van der Waals surface area contributed by atoms with Crippen LogP contribution in [0.4, 0.5) is 0 Å². The molecule has 0 heterocycles. The van der Waals surface area contributed by atoms with E-state index in [1.807, 2.05) is 0 Å². The molecule has 0 aliphatic heterocycles. The van der Waals surface area contributed by atoms with Gasteiger partial charge in [-0.25, -0.2) is 0 Å². The first-order valence-corrected chi connectivity index (χ1v) is 10.0. The van der Waals surface area contributed by atoms with Crippen molar-refractivity contribution in [2.24, 2.45) is 0 Å². The third-order valence-electron chi connectivity index (χ3n) is 2.96. The molecule has 0 fully saturated rings. The number of hydrogen-bond acceptors (Lipinski definition) is 3. The van der Waals surface area contributed by atoms with Gasteiger partial charge in [-0.3, -0.25) is 9.11 Å². The Morgan fingerprint density at radius 1 is 0.652 bits per heavy atom. The Balaban J connectivity index is -0.000000102. The zero-order chi connectivity index (χ0) is 17.7. The normalized spacial score (nSPS) is 9.83. The molecule has 0 aromatic heterocycles. The summed E-state index contributed by atoms with van der Waals surface area (Å²) in [5.41, 5.74) is 0. The zero-order valence-corrected chi connectivity index (χ0v) is 18.6. The first kappa shape index (κ1) is 31.6. The van der Waals surface area contributed by atoms with Crippen LogP contribution < -0.4 is 29.6 Å². The van der Waals surface area contributed by atoms with Gasteiger partial charge in [0, 0.05) is 6.61 Å². The molecular weight excluding hydrogens is 327 g/mol. The summed E-state index contributed by atoms with van der Waals surface area (Å²) < 4.78 is 31.6. The molecule has 140 valence electrons. The van der Waals surface area contributed by atoms with Gasteiger partial charge in [0.05, 0.1) is 0 Å². The first-order chi connectivity index (χ1) is 10.3. The fourth-order valence-electron chi connectivity index (χ4n) is 1.91. The Morgan fingerprint density at radius 3 is 0.913 bits per heavy atom. The Kier molecular flexibility index (Phi) is 38.0. The van der Waals surface area contributed by atoms with Crippen molar-refractivity contribution in [2.75, 3.05) is 6.61 Å². The van der Waals surface area contributed by atoms with Gasteiger partial charge in [0.15, 0.2) is 0 Å². The minimum Gasteiger partial charge on any atom is -1.00 e. The maximum Gasteiger partial charge on any atom is 1.00 e. The van der Waals surface area contributed by atoms with Crippen LogP contribution in [0.15, 0.2) is 0 Å². The van der Waals surface area contributed by atoms with Crippen LogP contribution in [0.3, 0.4) is 0 Å². The molecule has 0 aromatic carbocycles. The Hall–Kier alpha value is 0.830. The summed E-state index contributed by atoms with van der Waals surface area (Å²) in [6, 6.07) is 0. The van der Waals surface area contributed by atoms with Crippen molar-refractivity contribution >= 4 is 10.4 Å². The topological polar surface area (TPSA) is 94.8 Å². The SMILES string of the molecule is CCCCCCCCCCCCCC.CCO.O=S(=O)(O)O.[H-].[Na+]. The van der Waals surface area contributed by atoms with E-state index >= 15 is 0 Å². The molecular formula is C16H39NaO5S. The quantitative estimate of drug-likeness (QED) is 0.296. The van der Waals surface area contributed by atoms with E-state index in [0.29, 0.717) is 0 Å². The van der Waals surface area contributed by atoms with Gasteiger partial charge in [-0.15, -0.1) is 0 Å². The van der Waals surface area contributed by atoms with Gasteiger partial charge in [-0.1, -0.05) is 90.9 Å². The van der Waals surface area contributed by atoms with Crippen LogP contribution in [0, 0.1) is 0 Å². The number of hydrogen-bond donors (Lipinski definition) is 3. The third kappa shape index (κ3) is 70.8. The minimum absolute atomic E-state index is 0. The van der Waals surface area contributed by atoms with Crippen LogP contribution in [0.1, 0.15) is 99.2 Å². The molecule has 0 saturated carbocycles. The summed E-state index contributed by atoms with van der Waals surface area (Å²) in [5.74, 6) is 0. The summed E-state index contributed by atoms with van der Waals surface area (Å²) in [6.45, 7) is 6.50. The van der Waals surface area contributed by atoms with Gasteiger partial charge < -0.3 is 6.53 Å². The first-order valence-electron chi connectivity index (χ1n) is 8.64. The van der Waals surface area contributed by atoms with Gasteiger partial charge in [-0.2, -0.15) is 8.42 Å². The number of rotatable bonds is 11. The second-order valence-corrected chi connectivity index (χ2v) is 6.20. The molecule has 3 N–H and O–H groups in total. The van der Waals surface area contributed by atoms with Crippen LogP contribution >= 0.6 is 0 Å².